The molecule has 2 rings (SSSR count). The first kappa shape index (κ1) is 11.9. The van der Waals surface area contributed by atoms with Gasteiger partial charge < -0.3 is 10.6 Å². The van der Waals surface area contributed by atoms with Gasteiger partial charge in [-0.05, 0) is 57.9 Å². The van der Waals surface area contributed by atoms with Gasteiger partial charge in [0.2, 0.25) is 5.91 Å². The molecular formula is C13H24N2O. The Balaban J connectivity index is 1.88. The second-order valence-electron chi connectivity index (χ2n) is 5.69. The smallest absolute Gasteiger partial charge is 0.225 e. The zero-order chi connectivity index (χ0) is 11.7. The first-order chi connectivity index (χ1) is 7.63. The minimum absolute atomic E-state index is 0.316. The molecule has 1 amide bonds. The van der Waals surface area contributed by atoms with Crippen LogP contribution in [0.15, 0.2) is 0 Å². The maximum Gasteiger partial charge on any atom is 0.225 e. The Hall–Kier alpha value is -0.570. The average molecular weight is 224 g/mol. The molecule has 0 saturated heterocycles. The van der Waals surface area contributed by atoms with Crippen LogP contribution in [-0.2, 0) is 4.79 Å². The maximum atomic E-state index is 12.3. The Labute approximate surface area is 98.4 Å². The van der Waals surface area contributed by atoms with Crippen molar-refractivity contribution in [1.82, 2.24) is 4.90 Å². The number of carbonyl (C=O) groups is 1. The summed E-state index contributed by atoms with van der Waals surface area (Å²) in [6.45, 7) is 5.71. The number of amides is 1. The molecule has 3 heteroatoms. The third-order valence-corrected chi connectivity index (χ3v) is 4.10. The molecule has 2 atom stereocenters. The molecule has 2 aliphatic rings. The van der Waals surface area contributed by atoms with Crippen molar-refractivity contribution in [1.29, 1.82) is 0 Å². The van der Waals surface area contributed by atoms with Crippen molar-refractivity contribution in [3.05, 3.63) is 0 Å². The van der Waals surface area contributed by atoms with Crippen LogP contribution >= 0.6 is 0 Å². The predicted octanol–water partition coefficient (Wildman–Crippen LogP) is 1.62. The normalized spacial score (nSPS) is 31.6. The lowest BCUT2D eigenvalue weighted by Gasteiger charge is -2.29. The number of rotatable bonds is 5. The minimum Gasteiger partial charge on any atom is -0.340 e. The topological polar surface area (TPSA) is 46.3 Å². The molecule has 0 spiro atoms. The number of nitrogens with zero attached hydrogens (tertiary/aromatic N) is 1. The van der Waals surface area contributed by atoms with Gasteiger partial charge in [0.25, 0.3) is 0 Å². The van der Waals surface area contributed by atoms with Crippen molar-refractivity contribution in [2.24, 2.45) is 23.5 Å². The third kappa shape index (κ3) is 2.40. The van der Waals surface area contributed by atoms with Gasteiger partial charge >= 0.3 is 0 Å². The summed E-state index contributed by atoms with van der Waals surface area (Å²) in [5, 5.41) is 0. The monoisotopic (exact) mass is 224 g/mol. The second kappa shape index (κ2) is 4.74. The van der Waals surface area contributed by atoms with Crippen LogP contribution in [0.1, 0.15) is 39.5 Å². The number of hydrogen-bond donors (Lipinski definition) is 1. The zero-order valence-electron chi connectivity index (χ0n) is 10.5. The van der Waals surface area contributed by atoms with Crippen molar-refractivity contribution in [2.45, 2.75) is 45.6 Å². The molecule has 0 aromatic heterocycles. The van der Waals surface area contributed by atoms with Crippen LogP contribution in [0.4, 0.5) is 0 Å². The van der Waals surface area contributed by atoms with Crippen molar-refractivity contribution in [2.75, 3.05) is 13.1 Å². The molecule has 0 radical (unpaired) electrons. The molecule has 2 aliphatic carbocycles. The largest absolute Gasteiger partial charge is 0.340 e. The first-order valence-electron chi connectivity index (χ1n) is 6.64. The molecule has 0 heterocycles. The van der Waals surface area contributed by atoms with Crippen LogP contribution in [0.5, 0.6) is 0 Å². The molecular weight excluding hydrogens is 200 g/mol. The molecule has 92 valence electrons. The van der Waals surface area contributed by atoms with Crippen LogP contribution < -0.4 is 5.73 Å². The van der Waals surface area contributed by atoms with Gasteiger partial charge in [0.15, 0.2) is 0 Å². The fourth-order valence-electron chi connectivity index (χ4n) is 3.04. The van der Waals surface area contributed by atoms with E-state index in [1.807, 2.05) is 4.90 Å². The van der Waals surface area contributed by atoms with E-state index >= 15 is 0 Å². The van der Waals surface area contributed by atoms with Gasteiger partial charge in [0.1, 0.15) is 0 Å². The molecule has 16 heavy (non-hydrogen) atoms. The molecule has 0 aliphatic heterocycles. The Kier molecular flexibility index (Phi) is 3.53. The summed E-state index contributed by atoms with van der Waals surface area (Å²) in [6, 6.07) is 0.316. The molecule has 2 N–H and O–H groups in total. The van der Waals surface area contributed by atoms with Crippen LogP contribution in [0, 0.1) is 17.8 Å². The van der Waals surface area contributed by atoms with Gasteiger partial charge in [0.05, 0.1) is 0 Å². The van der Waals surface area contributed by atoms with E-state index in [0.29, 0.717) is 24.4 Å². The highest BCUT2D eigenvalue weighted by atomic mass is 16.2. The fourth-order valence-corrected chi connectivity index (χ4v) is 3.04. The van der Waals surface area contributed by atoms with E-state index in [1.54, 1.807) is 0 Å². The first-order valence-corrected chi connectivity index (χ1v) is 6.64. The number of fused-ring (bicyclic) bond motifs is 1. The second-order valence-corrected chi connectivity index (χ2v) is 5.69. The van der Waals surface area contributed by atoms with Crippen molar-refractivity contribution in [3.8, 4) is 0 Å². The standard InChI is InChI=1S/C13H24N2O/c1-9(2)15(5-3-4-14)13(16)12-7-10-6-11(10)8-12/h9-12H,3-8,14H2,1-2H3. The van der Waals surface area contributed by atoms with Crippen LogP contribution in [0.25, 0.3) is 0 Å². The number of nitrogens with two attached hydrogens (primary N) is 1. The highest BCUT2D eigenvalue weighted by Gasteiger charge is 2.48. The Morgan fingerprint density at radius 2 is 1.94 bits per heavy atom. The molecule has 0 aromatic carbocycles. The van der Waals surface area contributed by atoms with E-state index in [2.05, 4.69) is 13.8 Å². The van der Waals surface area contributed by atoms with Gasteiger partial charge in [-0.25, -0.2) is 0 Å². The maximum absolute atomic E-state index is 12.3. The van der Waals surface area contributed by atoms with Crippen molar-refractivity contribution in [3.63, 3.8) is 0 Å². The SMILES string of the molecule is CC(C)N(CCCN)C(=O)C1CC2CC2C1. The molecule has 3 nitrogen and oxygen atoms in total. The molecule has 2 fully saturated rings. The van der Waals surface area contributed by atoms with E-state index in [1.165, 1.54) is 6.42 Å². The number of hydrogen-bond acceptors (Lipinski definition) is 2. The van der Waals surface area contributed by atoms with E-state index in [-0.39, 0.29) is 0 Å². The summed E-state index contributed by atoms with van der Waals surface area (Å²) in [6.07, 6.45) is 4.60. The minimum atomic E-state index is 0.316. The fraction of sp³-hybridized carbons (Fsp3) is 0.923. The van der Waals surface area contributed by atoms with Gasteiger partial charge in [-0.15, -0.1) is 0 Å². The Morgan fingerprint density at radius 1 is 1.31 bits per heavy atom. The lowest BCUT2D eigenvalue weighted by molar-refractivity contribution is -0.137. The summed E-state index contributed by atoms with van der Waals surface area (Å²) in [4.78, 5) is 14.4. The third-order valence-electron chi connectivity index (χ3n) is 4.10. The summed E-state index contributed by atoms with van der Waals surface area (Å²) in [5.41, 5.74) is 5.52. The lowest BCUT2D eigenvalue weighted by Crippen LogP contribution is -2.41. The predicted molar refractivity (Wildman–Crippen MR) is 64.8 cm³/mol. The molecule has 0 aromatic rings. The van der Waals surface area contributed by atoms with E-state index in [0.717, 1.165) is 37.6 Å². The lowest BCUT2D eigenvalue weighted by atomic mass is 10.0. The Bertz CT molecular complexity index is 255. The summed E-state index contributed by atoms with van der Waals surface area (Å²) >= 11 is 0. The summed E-state index contributed by atoms with van der Waals surface area (Å²) in [7, 11) is 0. The summed E-state index contributed by atoms with van der Waals surface area (Å²) in [5.74, 6) is 2.48. The van der Waals surface area contributed by atoms with E-state index in [4.69, 9.17) is 5.73 Å². The van der Waals surface area contributed by atoms with Crippen LogP contribution in [0.2, 0.25) is 0 Å². The quantitative estimate of drug-likeness (QED) is 0.771. The highest BCUT2D eigenvalue weighted by Crippen LogP contribution is 2.54. The van der Waals surface area contributed by atoms with Crippen LogP contribution in [0.3, 0.4) is 0 Å². The van der Waals surface area contributed by atoms with Crippen molar-refractivity contribution < 1.29 is 4.79 Å². The van der Waals surface area contributed by atoms with Gasteiger partial charge in [-0.2, -0.15) is 0 Å². The average Bonchev–Trinajstić information content (AvgIpc) is 2.85. The van der Waals surface area contributed by atoms with E-state index < -0.39 is 0 Å². The molecule has 2 unspecified atom stereocenters. The summed E-state index contributed by atoms with van der Waals surface area (Å²) < 4.78 is 0. The zero-order valence-corrected chi connectivity index (χ0v) is 10.5. The van der Waals surface area contributed by atoms with Gasteiger partial charge in [-0.1, -0.05) is 0 Å². The highest BCUT2D eigenvalue weighted by molar-refractivity contribution is 5.79. The van der Waals surface area contributed by atoms with Crippen molar-refractivity contribution >= 4 is 5.91 Å². The Morgan fingerprint density at radius 3 is 2.44 bits per heavy atom. The van der Waals surface area contributed by atoms with E-state index in [9.17, 15) is 4.79 Å². The van der Waals surface area contributed by atoms with Gasteiger partial charge in [0, 0.05) is 18.5 Å². The molecule has 2 saturated carbocycles. The van der Waals surface area contributed by atoms with Gasteiger partial charge in [-0.3, -0.25) is 4.79 Å². The van der Waals surface area contributed by atoms with Crippen LogP contribution in [-0.4, -0.2) is 29.9 Å². The number of carbonyl (C=O) groups excluding carboxylic acids is 1. The molecule has 0 bridgehead atoms.